The lowest BCUT2D eigenvalue weighted by Crippen LogP contribution is -2.54. The largest absolute Gasteiger partial charge is 0.381 e. The van der Waals surface area contributed by atoms with Gasteiger partial charge in [0.25, 0.3) is 0 Å². The minimum absolute atomic E-state index is 0.153. The highest BCUT2D eigenvalue weighted by atomic mass is 16.5. The van der Waals surface area contributed by atoms with E-state index in [9.17, 15) is 4.79 Å². The second-order valence-corrected chi connectivity index (χ2v) is 8.74. The number of carbonyl (C=O) groups excluding carboxylic acids is 1. The van der Waals surface area contributed by atoms with Gasteiger partial charge in [0, 0.05) is 38.9 Å². The molecule has 2 saturated heterocycles. The van der Waals surface area contributed by atoms with Gasteiger partial charge in [-0.05, 0) is 38.2 Å². The molecule has 0 bridgehead atoms. The second-order valence-electron chi connectivity index (χ2n) is 8.74. The summed E-state index contributed by atoms with van der Waals surface area (Å²) in [6.07, 6.45) is 1.48. The molecule has 1 aromatic rings. The van der Waals surface area contributed by atoms with Crippen LogP contribution in [0.15, 0.2) is 18.2 Å². The van der Waals surface area contributed by atoms with E-state index in [4.69, 9.17) is 9.47 Å². The third-order valence-electron chi connectivity index (χ3n) is 6.31. The Balaban J connectivity index is 1.77. The fourth-order valence-electron chi connectivity index (χ4n) is 4.68. The van der Waals surface area contributed by atoms with E-state index < -0.39 is 5.41 Å². The predicted molar refractivity (Wildman–Crippen MR) is 112 cm³/mol. The Bertz CT molecular complexity index is 642. The van der Waals surface area contributed by atoms with Crippen molar-refractivity contribution in [3.63, 3.8) is 0 Å². The lowest BCUT2D eigenvalue weighted by atomic mass is 9.72. The second kappa shape index (κ2) is 9.38. The predicted octanol–water partition coefficient (Wildman–Crippen LogP) is 2.82. The number of morpholine rings is 1. The van der Waals surface area contributed by atoms with Crippen LogP contribution in [0.5, 0.6) is 0 Å². The van der Waals surface area contributed by atoms with E-state index in [1.54, 1.807) is 0 Å². The SMILES string of the molecule is Cc1cc(C)cc(C2(C(=O)NC[C@@H](C(C)C)N3CCOCC3)CCOCC2)c1. The third kappa shape index (κ3) is 4.76. The molecule has 0 aliphatic carbocycles. The summed E-state index contributed by atoms with van der Waals surface area (Å²) in [5.74, 6) is 0.630. The summed E-state index contributed by atoms with van der Waals surface area (Å²) in [7, 11) is 0. The van der Waals surface area contributed by atoms with E-state index in [1.807, 2.05) is 0 Å². The molecule has 0 spiro atoms. The molecule has 28 heavy (non-hydrogen) atoms. The summed E-state index contributed by atoms with van der Waals surface area (Å²) in [6.45, 7) is 14.1. The lowest BCUT2D eigenvalue weighted by Gasteiger charge is -2.40. The summed E-state index contributed by atoms with van der Waals surface area (Å²) < 4.78 is 11.1. The summed E-state index contributed by atoms with van der Waals surface area (Å²) in [5, 5.41) is 3.33. The number of hydrogen-bond acceptors (Lipinski definition) is 4. The quantitative estimate of drug-likeness (QED) is 0.814. The van der Waals surface area contributed by atoms with Crippen LogP contribution in [0.2, 0.25) is 0 Å². The van der Waals surface area contributed by atoms with Crippen molar-refractivity contribution >= 4 is 5.91 Å². The maximum atomic E-state index is 13.5. The lowest BCUT2D eigenvalue weighted by molar-refractivity contribution is -0.131. The zero-order valence-electron chi connectivity index (χ0n) is 17.9. The van der Waals surface area contributed by atoms with Crippen molar-refractivity contribution in [2.24, 2.45) is 5.92 Å². The number of hydrogen-bond donors (Lipinski definition) is 1. The molecule has 1 aromatic carbocycles. The van der Waals surface area contributed by atoms with Crippen LogP contribution in [0.4, 0.5) is 0 Å². The Kier molecular flexibility index (Phi) is 7.13. The molecule has 156 valence electrons. The smallest absolute Gasteiger partial charge is 0.230 e. The zero-order chi connectivity index (χ0) is 20.1. The molecule has 2 aliphatic rings. The van der Waals surface area contributed by atoms with E-state index >= 15 is 0 Å². The third-order valence-corrected chi connectivity index (χ3v) is 6.31. The molecule has 1 N–H and O–H groups in total. The molecular formula is C23H36N2O3. The van der Waals surface area contributed by atoms with E-state index in [2.05, 4.69) is 56.1 Å². The topological polar surface area (TPSA) is 50.8 Å². The average molecular weight is 389 g/mol. The Morgan fingerprint density at radius 2 is 1.61 bits per heavy atom. The van der Waals surface area contributed by atoms with Crippen molar-refractivity contribution in [2.45, 2.75) is 52.0 Å². The molecule has 5 nitrogen and oxygen atoms in total. The molecule has 3 rings (SSSR count). The van der Waals surface area contributed by atoms with Crippen molar-refractivity contribution in [1.29, 1.82) is 0 Å². The van der Waals surface area contributed by atoms with Gasteiger partial charge in [-0.15, -0.1) is 0 Å². The maximum Gasteiger partial charge on any atom is 0.230 e. The normalized spacial score (nSPS) is 21.5. The van der Waals surface area contributed by atoms with Crippen LogP contribution in [-0.2, 0) is 19.7 Å². The molecule has 5 heteroatoms. The highest BCUT2D eigenvalue weighted by molar-refractivity contribution is 5.88. The molecule has 0 saturated carbocycles. The molecule has 1 atom stereocenters. The number of benzene rings is 1. The number of amides is 1. The molecule has 2 heterocycles. The molecule has 0 unspecified atom stereocenters. The Morgan fingerprint density at radius 3 is 2.18 bits per heavy atom. The summed E-state index contributed by atoms with van der Waals surface area (Å²) in [4.78, 5) is 16.0. The first kappa shape index (κ1) is 21.3. The van der Waals surface area contributed by atoms with E-state index in [0.29, 0.717) is 31.7 Å². The minimum Gasteiger partial charge on any atom is -0.381 e. The fourth-order valence-corrected chi connectivity index (χ4v) is 4.68. The van der Waals surface area contributed by atoms with Crippen molar-refractivity contribution in [3.8, 4) is 0 Å². The average Bonchev–Trinajstić information content (AvgIpc) is 2.68. The number of rotatable bonds is 6. The van der Waals surface area contributed by atoms with Gasteiger partial charge in [-0.2, -0.15) is 0 Å². The van der Waals surface area contributed by atoms with Gasteiger partial charge in [0.15, 0.2) is 0 Å². The van der Waals surface area contributed by atoms with Crippen LogP contribution in [0.3, 0.4) is 0 Å². The summed E-state index contributed by atoms with van der Waals surface area (Å²) in [6, 6.07) is 6.87. The first-order valence-corrected chi connectivity index (χ1v) is 10.7. The Morgan fingerprint density at radius 1 is 1.04 bits per heavy atom. The van der Waals surface area contributed by atoms with Crippen molar-refractivity contribution < 1.29 is 14.3 Å². The molecule has 2 aliphatic heterocycles. The van der Waals surface area contributed by atoms with Gasteiger partial charge in [0.05, 0.1) is 18.6 Å². The van der Waals surface area contributed by atoms with E-state index in [0.717, 1.165) is 44.7 Å². The number of nitrogens with zero attached hydrogens (tertiary/aromatic N) is 1. The van der Waals surface area contributed by atoms with Crippen LogP contribution in [0.25, 0.3) is 0 Å². The number of aryl methyl sites for hydroxylation is 2. The van der Waals surface area contributed by atoms with Gasteiger partial charge < -0.3 is 14.8 Å². The number of nitrogens with one attached hydrogen (secondary N) is 1. The summed E-state index contributed by atoms with van der Waals surface area (Å²) in [5.41, 5.74) is 3.07. The molecule has 2 fully saturated rings. The zero-order valence-corrected chi connectivity index (χ0v) is 17.9. The van der Waals surface area contributed by atoms with Gasteiger partial charge in [-0.3, -0.25) is 9.69 Å². The standard InChI is InChI=1S/C23H36N2O3/c1-17(2)21(25-7-11-28-12-8-25)16-24-22(26)23(5-9-27-10-6-23)20-14-18(3)13-19(4)15-20/h13-15,17,21H,5-12,16H2,1-4H3,(H,24,26)/t21-/m0/s1. The highest BCUT2D eigenvalue weighted by Crippen LogP contribution is 2.36. The maximum absolute atomic E-state index is 13.5. The van der Waals surface area contributed by atoms with Gasteiger partial charge >= 0.3 is 0 Å². The van der Waals surface area contributed by atoms with Crippen LogP contribution >= 0.6 is 0 Å². The van der Waals surface area contributed by atoms with Gasteiger partial charge in [-0.1, -0.05) is 43.2 Å². The van der Waals surface area contributed by atoms with Gasteiger partial charge in [0.2, 0.25) is 5.91 Å². The van der Waals surface area contributed by atoms with Crippen LogP contribution in [-0.4, -0.2) is 62.9 Å². The Labute approximate surface area is 169 Å². The highest BCUT2D eigenvalue weighted by Gasteiger charge is 2.42. The number of ether oxygens (including phenoxy) is 2. The fraction of sp³-hybridized carbons (Fsp3) is 0.696. The monoisotopic (exact) mass is 388 g/mol. The van der Waals surface area contributed by atoms with Crippen molar-refractivity contribution in [1.82, 2.24) is 10.2 Å². The molecule has 0 aromatic heterocycles. The van der Waals surface area contributed by atoms with Gasteiger partial charge in [0.1, 0.15) is 0 Å². The minimum atomic E-state index is -0.485. The first-order valence-electron chi connectivity index (χ1n) is 10.7. The van der Waals surface area contributed by atoms with Crippen molar-refractivity contribution in [2.75, 3.05) is 46.1 Å². The van der Waals surface area contributed by atoms with E-state index in [-0.39, 0.29) is 5.91 Å². The van der Waals surface area contributed by atoms with Crippen LogP contribution < -0.4 is 5.32 Å². The first-order chi connectivity index (χ1) is 13.4. The van der Waals surface area contributed by atoms with Crippen molar-refractivity contribution in [3.05, 3.63) is 34.9 Å². The van der Waals surface area contributed by atoms with Crippen LogP contribution in [0.1, 0.15) is 43.4 Å². The Hall–Kier alpha value is -1.43. The molecule has 1 amide bonds. The van der Waals surface area contributed by atoms with E-state index in [1.165, 1.54) is 11.1 Å². The molecule has 0 radical (unpaired) electrons. The number of carbonyl (C=O) groups is 1. The van der Waals surface area contributed by atoms with Gasteiger partial charge in [-0.25, -0.2) is 0 Å². The molecular weight excluding hydrogens is 352 g/mol. The van der Waals surface area contributed by atoms with Crippen LogP contribution in [0, 0.1) is 19.8 Å². The summed E-state index contributed by atoms with van der Waals surface area (Å²) >= 11 is 0.